The van der Waals surface area contributed by atoms with E-state index in [9.17, 15) is 9.59 Å². The van der Waals surface area contributed by atoms with Gasteiger partial charge in [0.15, 0.2) is 0 Å². The highest BCUT2D eigenvalue weighted by atomic mass is 16.5. The van der Waals surface area contributed by atoms with Crippen molar-refractivity contribution in [3.8, 4) is 11.5 Å². The summed E-state index contributed by atoms with van der Waals surface area (Å²) in [7, 11) is 0. The summed E-state index contributed by atoms with van der Waals surface area (Å²) in [6, 6.07) is 13.2. The number of carbonyl (C=O) groups is 2. The van der Waals surface area contributed by atoms with Crippen molar-refractivity contribution in [3.05, 3.63) is 59.7 Å². The zero-order chi connectivity index (χ0) is 19.8. The maximum Gasteiger partial charge on any atom is 0.343 e. The number of esters is 2. The second kappa shape index (κ2) is 9.76. The van der Waals surface area contributed by atoms with Crippen LogP contribution in [0.4, 0.5) is 0 Å². The first-order valence-electron chi connectivity index (χ1n) is 9.07. The van der Waals surface area contributed by atoms with E-state index in [1.807, 2.05) is 13.8 Å². The molecule has 0 aliphatic carbocycles. The highest BCUT2D eigenvalue weighted by molar-refractivity contribution is 5.92. The van der Waals surface area contributed by atoms with Crippen molar-refractivity contribution in [3.63, 3.8) is 0 Å². The zero-order valence-electron chi connectivity index (χ0n) is 16.2. The van der Waals surface area contributed by atoms with Crippen LogP contribution >= 0.6 is 0 Å². The van der Waals surface area contributed by atoms with Gasteiger partial charge >= 0.3 is 11.9 Å². The molecule has 0 unspecified atom stereocenters. The fourth-order valence-corrected chi connectivity index (χ4v) is 2.13. The molecule has 2 aromatic carbocycles. The summed E-state index contributed by atoms with van der Waals surface area (Å²) in [6.45, 7) is 9.02. The van der Waals surface area contributed by atoms with Crippen LogP contribution in [0.5, 0.6) is 11.5 Å². The number of hydrogen-bond acceptors (Lipinski definition) is 5. The Labute approximate surface area is 160 Å². The standard InChI is InChI=1S/C22H26O5/c1-15(2)13-25-19-10-8-17(9-11-19)22(24)27-20-7-5-6-18(12-20)21(23)26-14-16(3)4/h5-12,15-16H,13-14H2,1-4H3. The minimum Gasteiger partial charge on any atom is -0.493 e. The monoisotopic (exact) mass is 370 g/mol. The van der Waals surface area contributed by atoms with Gasteiger partial charge in [-0.1, -0.05) is 33.8 Å². The molecule has 2 aromatic rings. The zero-order valence-corrected chi connectivity index (χ0v) is 16.2. The third-order valence-electron chi connectivity index (χ3n) is 3.50. The molecule has 0 aliphatic rings. The van der Waals surface area contributed by atoms with Crippen LogP contribution in [0, 0.1) is 11.8 Å². The smallest absolute Gasteiger partial charge is 0.343 e. The minimum absolute atomic E-state index is 0.252. The first-order valence-corrected chi connectivity index (χ1v) is 9.07. The fourth-order valence-electron chi connectivity index (χ4n) is 2.13. The summed E-state index contributed by atoms with van der Waals surface area (Å²) in [5.41, 5.74) is 0.748. The topological polar surface area (TPSA) is 61.8 Å². The number of benzene rings is 2. The molecule has 0 fully saturated rings. The number of hydrogen-bond donors (Lipinski definition) is 0. The normalized spacial score (nSPS) is 10.7. The number of rotatable bonds is 8. The minimum atomic E-state index is -0.502. The van der Waals surface area contributed by atoms with E-state index in [0.29, 0.717) is 41.8 Å². The van der Waals surface area contributed by atoms with Gasteiger partial charge in [-0.3, -0.25) is 0 Å². The van der Waals surface area contributed by atoms with Crippen molar-refractivity contribution in [2.24, 2.45) is 11.8 Å². The van der Waals surface area contributed by atoms with Crippen LogP contribution in [-0.4, -0.2) is 25.2 Å². The first-order chi connectivity index (χ1) is 12.8. The Hall–Kier alpha value is -2.82. The third-order valence-corrected chi connectivity index (χ3v) is 3.50. The molecule has 0 atom stereocenters. The van der Waals surface area contributed by atoms with E-state index >= 15 is 0 Å². The Kier molecular flexibility index (Phi) is 7.41. The predicted molar refractivity (Wildman–Crippen MR) is 103 cm³/mol. The highest BCUT2D eigenvalue weighted by Crippen LogP contribution is 2.18. The van der Waals surface area contributed by atoms with Crippen LogP contribution in [0.25, 0.3) is 0 Å². The average molecular weight is 370 g/mol. The number of ether oxygens (including phenoxy) is 3. The Bertz CT molecular complexity index is 763. The van der Waals surface area contributed by atoms with Crippen LogP contribution in [0.1, 0.15) is 48.4 Å². The predicted octanol–water partition coefficient (Wildman–Crippen LogP) is 4.75. The molecule has 5 nitrogen and oxygen atoms in total. The van der Waals surface area contributed by atoms with Gasteiger partial charge in [0.1, 0.15) is 11.5 Å². The molecule has 0 bridgehead atoms. The van der Waals surface area contributed by atoms with Gasteiger partial charge in [-0.15, -0.1) is 0 Å². The molecule has 0 aliphatic heterocycles. The second-order valence-electron chi connectivity index (χ2n) is 7.14. The number of carbonyl (C=O) groups excluding carboxylic acids is 2. The van der Waals surface area contributed by atoms with Gasteiger partial charge < -0.3 is 14.2 Å². The molecule has 27 heavy (non-hydrogen) atoms. The molecule has 0 heterocycles. The Morgan fingerprint density at radius 2 is 1.44 bits per heavy atom. The van der Waals surface area contributed by atoms with E-state index in [2.05, 4.69) is 13.8 Å². The molecule has 144 valence electrons. The summed E-state index contributed by atoms with van der Waals surface area (Å²) in [6.07, 6.45) is 0. The van der Waals surface area contributed by atoms with Crippen LogP contribution in [0.3, 0.4) is 0 Å². The summed E-state index contributed by atoms with van der Waals surface area (Å²) in [5, 5.41) is 0. The molecule has 0 aromatic heterocycles. The van der Waals surface area contributed by atoms with Gasteiger partial charge in [-0.25, -0.2) is 9.59 Å². The summed E-state index contributed by atoms with van der Waals surface area (Å²) >= 11 is 0. The maximum atomic E-state index is 12.3. The molecular weight excluding hydrogens is 344 g/mol. The van der Waals surface area contributed by atoms with E-state index in [1.165, 1.54) is 6.07 Å². The Morgan fingerprint density at radius 1 is 0.778 bits per heavy atom. The van der Waals surface area contributed by atoms with E-state index in [0.717, 1.165) is 0 Å². The molecule has 2 rings (SSSR count). The fraction of sp³-hybridized carbons (Fsp3) is 0.364. The second-order valence-corrected chi connectivity index (χ2v) is 7.14. The first kappa shape index (κ1) is 20.5. The van der Waals surface area contributed by atoms with Crippen molar-refractivity contribution in [2.45, 2.75) is 27.7 Å². The SMILES string of the molecule is CC(C)COC(=O)c1cccc(OC(=O)c2ccc(OCC(C)C)cc2)c1. The van der Waals surface area contributed by atoms with Crippen molar-refractivity contribution in [2.75, 3.05) is 13.2 Å². The van der Waals surface area contributed by atoms with Crippen molar-refractivity contribution >= 4 is 11.9 Å². The van der Waals surface area contributed by atoms with Gasteiger partial charge in [-0.2, -0.15) is 0 Å². The largest absolute Gasteiger partial charge is 0.493 e. The lowest BCUT2D eigenvalue weighted by Gasteiger charge is -2.10. The van der Waals surface area contributed by atoms with Crippen LogP contribution in [0.15, 0.2) is 48.5 Å². The summed E-state index contributed by atoms with van der Waals surface area (Å²) < 4.78 is 16.2. The Morgan fingerprint density at radius 3 is 2.07 bits per heavy atom. The molecule has 0 amide bonds. The van der Waals surface area contributed by atoms with E-state index in [1.54, 1.807) is 42.5 Å². The molecule has 5 heteroatoms. The average Bonchev–Trinajstić information content (AvgIpc) is 2.65. The van der Waals surface area contributed by atoms with Crippen LogP contribution < -0.4 is 9.47 Å². The van der Waals surface area contributed by atoms with Crippen LogP contribution in [-0.2, 0) is 4.74 Å². The summed E-state index contributed by atoms with van der Waals surface area (Å²) in [5.74, 6) is 0.734. The van der Waals surface area contributed by atoms with Gasteiger partial charge in [0.05, 0.1) is 24.3 Å². The van der Waals surface area contributed by atoms with Crippen molar-refractivity contribution < 1.29 is 23.8 Å². The van der Waals surface area contributed by atoms with Gasteiger partial charge in [0.25, 0.3) is 0 Å². The van der Waals surface area contributed by atoms with Crippen molar-refractivity contribution in [1.82, 2.24) is 0 Å². The molecule has 0 spiro atoms. The van der Waals surface area contributed by atoms with Crippen molar-refractivity contribution in [1.29, 1.82) is 0 Å². The Balaban J connectivity index is 1.99. The third kappa shape index (κ3) is 6.77. The summed E-state index contributed by atoms with van der Waals surface area (Å²) in [4.78, 5) is 24.3. The van der Waals surface area contributed by atoms with Crippen LogP contribution in [0.2, 0.25) is 0 Å². The van der Waals surface area contributed by atoms with Gasteiger partial charge in [0, 0.05) is 0 Å². The van der Waals surface area contributed by atoms with Gasteiger partial charge in [0.2, 0.25) is 0 Å². The molecular formula is C22H26O5. The maximum absolute atomic E-state index is 12.3. The quantitative estimate of drug-likeness (QED) is 0.495. The molecule has 0 saturated carbocycles. The lowest BCUT2D eigenvalue weighted by Crippen LogP contribution is -2.12. The molecule has 0 radical (unpaired) electrons. The molecule has 0 saturated heterocycles. The van der Waals surface area contributed by atoms with E-state index < -0.39 is 11.9 Å². The van der Waals surface area contributed by atoms with E-state index in [-0.39, 0.29) is 5.92 Å². The highest BCUT2D eigenvalue weighted by Gasteiger charge is 2.13. The van der Waals surface area contributed by atoms with E-state index in [4.69, 9.17) is 14.2 Å². The lowest BCUT2D eigenvalue weighted by molar-refractivity contribution is 0.0457. The van der Waals surface area contributed by atoms with Gasteiger partial charge in [-0.05, 0) is 54.3 Å². The molecule has 0 N–H and O–H groups in total. The lowest BCUT2D eigenvalue weighted by atomic mass is 10.2.